The molecule has 0 radical (unpaired) electrons. The lowest BCUT2D eigenvalue weighted by Crippen LogP contribution is -2.61. The Morgan fingerprint density at radius 1 is 0.939 bits per heavy atom. The molecule has 0 aromatic carbocycles. The second-order valence-corrected chi connectivity index (χ2v) is 12.8. The van der Waals surface area contributed by atoms with E-state index >= 15 is 0 Å². The van der Waals surface area contributed by atoms with Gasteiger partial charge >= 0.3 is 5.97 Å². The van der Waals surface area contributed by atoms with Crippen LogP contribution in [0.1, 0.15) is 85.5 Å². The molecule has 0 bridgehead atoms. The van der Waals surface area contributed by atoms with Crippen molar-refractivity contribution in [2.75, 3.05) is 0 Å². The topological polar surface area (TPSA) is 118 Å². The zero-order valence-electron chi connectivity index (χ0n) is 20.9. The first-order valence-electron chi connectivity index (χ1n) is 13.4. The molecule has 6 heteroatoms. The van der Waals surface area contributed by atoms with Crippen LogP contribution < -0.4 is 0 Å². The Hall–Kier alpha value is -0.690. The minimum absolute atomic E-state index is 0.0232. The fraction of sp³-hybridized carbons (Fsp3) is 0.963. The quantitative estimate of drug-likeness (QED) is 0.409. The van der Waals surface area contributed by atoms with Crippen molar-refractivity contribution in [1.82, 2.24) is 0 Å². The molecule has 13 atom stereocenters. The van der Waals surface area contributed by atoms with Crippen molar-refractivity contribution in [2.45, 2.75) is 110 Å². The summed E-state index contributed by atoms with van der Waals surface area (Å²) < 4.78 is 0. The molecule has 0 spiro atoms. The first-order chi connectivity index (χ1) is 15.4. The number of hydrogen-bond acceptors (Lipinski definition) is 5. The van der Waals surface area contributed by atoms with Crippen molar-refractivity contribution in [3.05, 3.63) is 0 Å². The molecule has 33 heavy (non-hydrogen) atoms. The smallest absolute Gasteiger partial charge is 0.308 e. The van der Waals surface area contributed by atoms with Gasteiger partial charge in [0.1, 0.15) is 0 Å². The summed E-state index contributed by atoms with van der Waals surface area (Å²) in [4.78, 5) is 11.2. The Morgan fingerprint density at radius 3 is 2.30 bits per heavy atom. The normalized spacial score (nSPS) is 49.9. The Labute approximate surface area is 198 Å². The van der Waals surface area contributed by atoms with Crippen molar-refractivity contribution < 1.29 is 30.3 Å². The lowest BCUT2D eigenvalue weighted by molar-refractivity contribution is -0.202. The van der Waals surface area contributed by atoms with Gasteiger partial charge in [-0.25, -0.2) is 0 Å². The molecule has 190 valence electrons. The van der Waals surface area contributed by atoms with E-state index in [1.807, 2.05) is 0 Å². The number of carboxylic acids is 1. The van der Waals surface area contributed by atoms with Gasteiger partial charge in [0.25, 0.3) is 0 Å². The Morgan fingerprint density at radius 2 is 1.64 bits per heavy atom. The number of hydrogen-bond donors (Lipinski definition) is 5. The molecule has 6 nitrogen and oxygen atoms in total. The molecule has 4 aliphatic carbocycles. The van der Waals surface area contributed by atoms with Crippen LogP contribution in [0.2, 0.25) is 0 Å². The predicted molar refractivity (Wildman–Crippen MR) is 125 cm³/mol. The van der Waals surface area contributed by atoms with E-state index in [0.717, 1.165) is 44.9 Å². The lowest BCUT2D eigenvalue weighted by atomic mass is 9.43. The molecule has 13 unspecified atom stereocenters. The molecule has 4 fully saturated rings. The maximum absolute atomic E-state index is 11.6. The van der Waals surface area contributed by atoms with Crippen LogP contribution in [-0.4, -0.2) is 55.9 Å². The average molecular weight is 467 g/mol. The number of fused-ring (bicyclic) bond motifs is 5. The fourth-order valence-electron chi connectivity index (χ4n) is 9.25. The van der Waals surface area contributed by atoms with Crippen LogP contribution in [0.5, 0.6) is 0 Å². The number of rotatable bonds is 6. The molecular formula is C27H46O6. The van der Waals surface area contributed by atoms with Crippen LogP contribution in [0.4, 0.5) is 0 Å². The molecular weight excluding hydrogens is 420 g/mol. The highest BCUT2D eigenvalue weighted by Gasteiger charge is 2.65. The van der Waals surface area contributed by atoms with E-state index in [4.69, 9.17) is 0 Å². The van der Waals surface area contributed by atoms with Gasteiger partial charge < -0.3 is 25.5 Å². The van der Waals surface area contributed by atoms with Crippen LogP contribution in [0.15, 0.2) is 0 Å². The van der Waals surface area contributed by atoms with Crippen molar-refractivity contribution in [2.24, 2.45) is 52.3 Å². The Balaban J connectivity index is 1.51. The van der Waals surface area contributed by atoms with Gasteiger partial charge in [0.2, 0.25) is 0 Å². The SMILES string of the molecule is CC(CCC(O)C(C)C(=O)O)C1CCC2C3CC(O)C4CC(O)CCC4(C)C3CC(O)C12C. The first-order valence-corrected chi connectivity index (χ1v) is 13.4. The minimum atomic E-state index is -0.963. The lowest BCUT2D eigenvalue weighted by Gasteiger charge is -2.63. The molecule has 0 heterocycles. The molecule has 0 saturated heterocycles. The third-order valence-electron chi connectivity index (χ3n) is 11.4. The second kappa shape index (κ2) is 9.07. The second-order valence-electron chi connectivity index (χ2n) is 12.8. The van der Waals surface area contributed by atoms with E-state index in [1.165, 1.54) is 0 Å². The van der Waals surface area contributed by atoms with Gasteiger partial charge in [0.05, 0.1) is 30.3 Å². The molecule has 0 amide bonds. The van der Waals surface area contributed by atoms with Crippen LogP contribution in [0.3, 0.4) is 0 Å². The van der Waals surface area contributed by atoms with Crippen molar-refractivity contribution in [3.8, 4) is 0 Å². The van der Waals surface area contributed by atoms with E-state index in [0.29, 0.717) is 42.4 Å². The highest BCUT2D eigenvalue weighted by molar-refractivity contribution is 5.70. The van der Waals surface area contributed by atoms with Gasteiger partial charge in [0.15, 0.2) is 0 Å². The molecule has 0 aliphatic heterocycles. The maximum Gasteiger partial charge on any atom is 0.308 e. The molecule has 4 saturated carbocycles. The highest BCUT2D eigenvalue weighted by Crippen LogP contribution is 2.68. The predicted octanol–water partition coefficient (Wildman–Crippen LogP) is 3.45. The average Bonchev–Trinajstić information content (AvgIpc) is 3.13. The van der Waals surface area contributed by atoms with Crippen LogP contribution in [0.25, 0.3) is 0 Å². The van der Waals surface area contributed by atoms with Gasteiger partial charge in [-0.2, -0.15) is 0 Å². The van der Waals surface area contributed by atoms with Gasteiger partial charge in [-0.05, 0) is 111 Å². The number of aliphatic carboxylic acids is 1. The fourth-order valence-corrected chi connectivity index (χ4v) is 9.25. The summed E-state index contributed by atoms with van der Waals surface area (Å²) in [5, 5.41) is 52.5. The van der Waals surface area contributed by atoms with E-state index in [9.17, 15) is 30.3 Å². The van der Waals surface area contributed by atoms with Gasteiger partial charge in [-0.3, -0.25) is 4.79 Å². The molecule has 0 aromatic rings. The summed E-state index contributed by atoms with van der Waals surface area (Å²) >= 11 is 0. The third-order valence-corrected chi connectivity index (χ3v) is 11.4. The molecule has 4 rings (SSSR count). The Kier molecular flexibility index (Phi) is 6.98. The summed E-state index contributed by atoms with van der Waals surface area (Å²) in [7, 11) is 0. The summed E-state index contributed by atoms with van der Waals surface area (Å²) in [6.45, 7) is 8.32. The summed E-state index contributed by atoms with van der Waals surface area (Å²) in [6, 6.07) is 0. The summed E-state index contributed by atoms with van der Waals surface area (Å²) in [6.07, 6.45) is 5.34. The zero-order chi connectivity index (χ0) is 24.3. The van der Waals surface area contributed by atoms with Crippen LogP contribution in [-0.2, 0) is 4.79 Å². The van der Waals surface area contributed by atoms with Crippen LogP contribution >= 0.6 is 0 Å². The minimum Gasteiger partial charge on any atom is -0.481 e. The van der Waals surface area contributed by atoms with Gasteiger partial charge in [0, 0.05) is 0 Å². The summed E-state index contributed by atoms with van der Waals surface area (Å²) in [5.41, 5.74) is -0.230. The van der Waals surface area contributed by atoms with Gasteiger partial charge in [-0.1, -0.05) is 20.8 Å². The highest BCUT2D eigenvalue weighted by atomic mass is 16.4. The number of aliphatic hydroxyl groups is 4. The standard InChI is InChI=1S/C27H46O6/c1-14(5-8-22(29)15(2)25(32)33)18-6-7-19-17-12-23(30)21-11-16(28)9-10-26(21,3)20(17)13-24(31)27(18,19)4/h14-24,28-31H,5-13H2,1-4H3,(H,32,33). The maximum atomic E-state index is 11.6. The largest absolute Gasteiger partial charge is 0.481 e. The number of carbonyl (C=O) groups is 1. The van der Waals surface area contributed by atoms with Crippen molar-refractivity contribution >= 4 is 5.97 Å². The number of aliphatic hydroxyl groups excluding tert-OH is 4. The molecule has 5 N–H and O–H groups in total. The van der Waals surface area contributed by atoms with Crippen molar-refractivity contribution in [3.63, 3.8) is 0 Å². The van der Waals surface area contributed by atoms with Crippen molar-refractivity contribution in [1.29, 1.82) is 0 Å². The van der Waals surface area contributed by atoms with E-state index in [1.54, 1.807) is 6.92 Å². The van der Waals surface area contributed by atoms with E-state index in [-0.39, 0.29) is 35.1 Å². The Bertz CT molecular complexity index is 727. The monoisotopic (exact) mass is 466 g/mol. The zero-order valence-corrected chi connectivity index (χ0v) is 20.9. The number of carboxylic acid groups (broad SMARTS) is 1. The first kappa shape index (κ1) is 25.4. The third kappa shape index (κ3) is 4.07. The molecule has 4 aliphatic rings. The van der Waals surface area contributed by atoms with E-state index in [2.05, 4.69) is 20.8 Å². The van der Waals surface area contributed by atoms with Gasteiger partial charge in [-0.15, -0.1) is 0 Å². The van der Waals surface area contributed by atoms with E-state index < -0.39 is 18.0 Å². The van der Waals surface area contributed by atoms with Crippen LogP contribution in [0, 0.1) is 52.3 Å². The summed E-state index contributed by atoms with van der Waals surface area (Å²) in [5.74, 6) is 0.184. The molecule has 0 aromatic heterocycles.